The lowest BCUT2D eigenvalue weighted by molar-refractivity contribution is -0.123. The summed E-state index contributed by atoms with van der Waals surface area (Å²) in [4.78, 5) is 17.0. The van der Waals surface area contributed by atoms with E-state index in [4.69, 9.17) is 0 Å². The summed E-state index contributed by atoms with van der Waals surface area (Å²) in [6, 6.07) is 8.80. The Bertz CT molecular complexity index is 588. The summed E-state index contributed by atoms with van der Waals surface area (Å²) >= 11 is 0. The third-order valence-electron chi connectivity index (χ3n) is 6.34. The van der Waals surface area contributed by atoms with Crippen LogP contribution in [0.3, 0.4) is 0 Å². The van der Waals surface area contributed by atoms with Crippen LogP contribution >= 0.6 is 0 Å². The van der Waals surface area contributed by atoms with Gasteiger partial charge in [-0.25, -0.2) is 0 Å². The van der Waals surface area contributed by atoms with Gasteiger partial charge in [-0.1, -0.05) is 12.1 Å². The Kier molecular flexibility index (Phi) is 3.69. The third kappa shape index (κ3) is 2.68. The molecule has 0 amide bonds. The lowest BCUT2D eigenvalue weighted by Crippen LogP contribution is -2.57. The van der Waals surface area contributed by atoms with E-state index in [2.05, 4.69) is 16.8 Å². The first-order chi connectivity index (χ1) is 11.1. The van der Waals surface area contributed by atoms with Gasteiger partial charge < -0.3 is 10.0 Å². The van der Waals surface area contributed by atoms with Crippen LogP contribution < -0.4 is 0 Å². The van der Waals surface area contributed by atoms with Crippen LogP contribution in [0, 0.1) is 0 Å². The Labute approximate surface area is 138 Å². The maximum atomic E-state index is 11.7. The van der Waals surface area contributed by atoms with Gasteiger partial charge in [0.1, 0.15) is 11.5 Å². The van der Waals surface area contributed by atoms with E-state index >= 15 is 0 Å². The van der Waals surface area contributed by atoms with E-state index in [-0.39, 0.29) is 5.54 Å². The van der Waals surface area contributed by atoms with Crippen LogP contribution in [0.1, 0.15) is 37.7 Å². The zero-order chi connectivity index (χ0) is 16.0. The number of fused-ring (bicyclic) bond motifs is 3. The van der Waals surface area contributed by atoms with Gasteiger partial charge >= 0.3 is 0 Å². The monoisotopic (exact) mass is 314 g/mol. The maximum Gasteiger partial charge on any atom is 0.133 e. The fraction of sp³-hybridized carbons (Fsp3) is 0.632. The molecular formula is C19H26N2O2. The average molecular weight is 314 g/mol. The van der Waals surface area contributed by atoms with Gasteiger partial charge in [0.25, 0.3) is 0 Å². The van der Waals surface area contributed by atoms with Gasteiger partial charge in [-0.3, -0.25) is 9.69 Å². The molecule has 124 valence electrons. The predicted octanol–water partition coefficient (Wildman–Crippen LogP) is 2.20. The Morgan fingerprint density at radius 3 is 2.57 bits per heavy atom. The molecule has 3 atom stereocenters. The zero-order valence-corrected chi connectivity index (χ0v) is 13.9. The van der Waals surface area contributed by atoms with Crippen molar-refractivity contribution in [3.8, 4) is 5.75 Å². The molecule has 2 saturated heterocycles. The SMILES string of the molecule is CN1C[C@H](Cc2ccc(O)cc2)N2C[C@@H]1CC21CCC(=O)CC1. The summed E-state index contributed by atoms with van der Waals surface area (Å²) in [5.74, 6) is 0.778. The molecule has 23 heavy (non-hydrogen) atoms. The molecule has 0 radical (unpaired) electrons. The van der Waals surface area contributed by atoms with E-state index in [9.17, 15) is 9.90 Å². The lowest BCUT2D eigenvalue weighted by atomic mass is 9.78. The molecule has 2 heterocycles. The van der Waals surface area contributed by atoms with Gasteiger partial charge in [0.15, 0.2) is 0 Å². The fourth-order valence-corrected chi connectivity index (χ4v) is 5.02. The van der Waals surface area contributed by atoms with E-state index in [1.165, 1.54) is 12.0 Å². The number of likely N-dealkylation sites (N-methyl/N-ethyl adjacent to an activating group) is 1. The number of hydrogen-bond donors (Lipinski definition) is 1. The molecule has 1 N–H and O–H groups in total. The van der Waals surface area contributed by atoms with Crippen molar-refractivity contribution in [3.63, 3.8) is 0 Å². The molecule has 1 unspecified atom stereocenters. The second-order valence-corrected chi connectivity index (χ2v) is 7.74. The molecule has 4 rings (SSSR count). The van der Waals surface area contributed by atoms with Crippen molar-refractivity contribution in [2.24, 2.45) is 0 Å². The first-order valence-corrected chi connectivity index (χ1v) is 8.82. The number of nitrogens with zero attached hydrogens (tertiary/aromatic N) is 2. The van der Waals surface area contributed by atoms with E-state index < -0.39 is 0 Å². The molecular weight excluding hydrogens is 288 g/mol. The van der Waals surface area contributed by atoms with E-state index in [1.54, 1.807) is 12.1 Å². The van der Waals surface area contributed by atoms with Crippen molar-refractivity contribution in [1.82, 2.24) is 9.80 Å². The number of benzene rings is 1. The molecule has 0 aromatic heterocycles. The number of ketones is 1. The van der Waals surface area contributed by atoms with E-state index in [0.29, 0.717) is 23.6 Å². The molecule has 2 bridgehead atoms. The molecule has 1 aliphatic carbocycles. The minimum absolute atomic E-state index is 0.255. The summed E-state index contributed by atoms with van der Waals surface area (Å²) in [7, 11) is 2.25. The highest BCUT2D eigenvalue weighted by Gasteiger charge is 2.53. The summed E-state index contributed by atoms with van der Waals surface area (Å²) in [6.45, 7) is 2.24. The highest BCUT2D eigenvalue weighted by atomic mass is 16.3. The number of carbonyl (C=O) groups excluding carboxylic acids is 1. The standard InChI is InChI=1S/C19H26N2O2/c1-20-12-15(10-14-2-4-17(22)5-3-14)21-13-16(20)11-19(21)8-6-18(23)7-9-19/h2-5,15-16,22H,6-13H2,1H3/t15-,16-/m0/s1. The van der Waals surface area contributed by atoms with Crippen LogP contribution in [0.5, 0.6) is 5.75 Å². The number of aromatic hydroxyl groups is 1. The van der Waals surface area contributed by atoms with Crippen LogP contribution in [-0.2, 0) is 11.2 Å². The van der Waals surface area contributed by atoms with Crippen LogP contribution in [0.2, 0.25) is 0 Å². The smallest absolute Gasteiger partial charge is 0.133 e. The maximum absolute atomic E-state index is 11.7. The molecule has 1 spiro atoms. The first kappa shape index (κ1) is 15.2. The van der Waals surface area contributed by atoms with E-state index in [0.717, 1.165) is 45.2 Å². The van der Waals surface area contributed by atoms with Crippen LogP contribution in [0.15, 0.2) is 24.3 Å². The molecule has 1 saturated carbocycles. The van der Waals surface area contributed by atoms with Gasteiger partial charge in [-0.2, -0.15) is 0 Å². The normalized spacial score (nSPS) is 33.3. The second-order valence-electron chi connectivity index (χ2n) is 7.74. The highest BCUT2D eigenvalue weighted by Crippen LogP contribution is 2.45. The number of rotatable bonds is 2. The zero-order valence-electron chi connectivity index (χ0n) is 13.9. The van der Waals surface area contributed by atoms with Crippen LogP contribution in [0.25, 0.3) is 0 Å². The summed E-state index contributed by atoms with van der Waals surface area (Å²) in [5, 5.41) is 9.48. The number of Topliss-reactive ketones (excluding diaryl/α,β-unsaturated/α-hetero) is 1. The van der Waals surface area contributed by atoms with Gasteiger partial charge in [0, 0.05) is 43.6 Å². The topological polar surface area (TPSA) is 43.8 Å². The van der Waals surface area contributed by atoms with E-state index in [1.807, 2.05) is 12.1 Å². The Hall–Kier alpha value is -1.39. The Balaban J connectivity index is 1.56. The van der Waals surface area contributed by atoms with Crippen molar-refractivity contribution in [2.75, 3.05) is 20.1 Å². The van der Waals surface area contributed by atoms with Gasteiger partial charge in [0.2, 0.25) is 0 Å². The number of piperazine rings is 1. The van der Waals surface area contributed by atoms with Gasteiger partial charge in [-0.15, -0.1) is 0 Å². The summed E-state index contributed by atoms with van der Waals surface area (Å²) in [5.41, 5.74) is 1.54. The van der Waals surface area contributed by atoms with Crippen LogP contribution in [0.4, 0.5) is 0 Å². The molecule has 3 fully saturated rings. The van der Waals surface area contributed by atoms with Crippen molar-refractivity contribution < 1.29 is 9.90 Å². The van der Waals surface area contributed by atoms with Crippen LogP contribution in [-0.4, -0.2) is 58.4 Å². The van der Waals surface area contributed by atoms with Crippen molar-refractivity contribution in [3.05, 3.63) is 29.8 Å². The van der Waals surface area contributed by atoms with Gasteiger partial charge in [0.05, 0.1) is 0 Å². The molecule has 4 heteroatoms. The van der Waals surface area contributed by atoms with Crippen molar-refractivity contribution >= 4 is 5.78 Å². The highest BCUT2D eigenvalue weighted by molar-refractivity contribution is 5.79. The second kappa shape index (κ2) is 5.60. The lowest BCUT2D eigenvalue weighted by Gasteiger charge is -2.46. The number of hydrogen-bond acceptors (Lipinski definition) is 4. The summed E-state index contributed by atoms with van der Waals surface area (Å²) < 4.78 is 0. The number of phenolic OH excluding ortho intramolecular Hbond substituents is 1. The van der Waals surface area contributed by atoms with Crippen molar-refractivity contribution in [2.45, 2.75) is 56.1 Å². The average Bonchev–Trinajstić information content (AvgIpc) is 2.87. The molecule has 3 aliphatic rings. The molecule has 4 nitrogen and oxygen atoms in total. The fourth-order valence-electron chi connectivity index (χ4n) is 5.02. The number of carbonyl (C=O) groups is 1. The molecule has 1 aromatic carbocycles. The first-order valence-electron chi connectivity index (χ1n) is 8.82. The van der Waals surface area contributed by atoms with Crippen molar-refractivity contribution in [1.29, 1.82) is 0 Å². The molecule has 2 aliphatic heterocycles. The quantitative estimate of drug-likeness (QED) is 0.909. The third-order valence-corrected chi connectivity index (χ3v) is 6.34. The molecule has 1 aromatic rings. The Morgan fingerprint density at radius 1 is 1.17 bits per heavy atom. The van der Waals surface area contributed by atoms with Gasteiger partial charge in [-0.05, 0) is 50.4 Å². The Morgan fingerprint density at radius 2 is 1.87 bits per heavy atom. The largest absolute Gasteiger partial charge is 0.508 e. The predicted molar refractivity (Wildman–Crippen MR) is 89.5 cm³/mol. The number of phenols is 1. The summed E-state index contributed by atoms with van der Waals surface area (Å²) in [6.07, 6.45) is 5.86. The minimum Gasteiger partial charge on any atom is -0.508 e. The minimum atomic E-state index is 0.255.